The smallest absolute Gasteiger partial charge is 0.331 e. The minimum atomic E-state index is -0.484. The first-order chi connectivity index (χ1) is 9.73. The predicted octanol–water partition coefficient (Wildman–Crippen LogP) is 0.591. The van der Waals surface area contributed by atoms with E-state index in [0.29, 0.717) is 24.3 Å². The highest BCUT2D eigenvalue weighted by Gasteiger charge is 2.18. The van der Waals surface area contributed by atoms with Gasteiger partial charge in [-0.25, -0.2) is 4.79 Å². The lowest BCUT2D eigenvalue weighted by Crippen LogP contribution is -2.41. The molecule has 6 heteroatoms. The standard InChI is InChI=1S/C15H25N3O3/c1-10(2)12(11(3)4)8-16-13(19)9-18-7-6-14(20)17(5)15(18)21/h6-7,10-12H,8-9H2,1-5H3,(H,16,19). The lowest BCUT2D eigenvalue weighted by atomic mass is 9.85. The van der Waals surface area contributed by atoms with Gasteiger partial charge in [-0.1, -0.05) is 27.7 Å². The van der Waals surface area contributed by atoms with E-state index in [0.717, 1.165) is 4.57 Å². The molecule has 1 aromatic heterocycles. The molecule has 0 saturated heterocycles. The lowest BCUT2D eigenvalue weighted by molar-refractivity contribution is -0.122. The first kappa shape index (κ1) is 17.2. The number of amides is 1. The number of hydrogen-bond acceptors (Lipinski definition) is 3. The van der Waals surface area contributed by atoms with Gasteiger partial charge in [0.2, 0.25) is 5.91 Å². The second-order valence-electron chi connectivity index (χ2n) is 6.08. The second-order valence-corrected chi connectivity index (χ2v) is 6.08. The third-order valence-electron chi connectivity index (χ3n) is 3.82. The Balaban J connectivity index is 2.69. The fraction of sp³-hybridized carbons (Fsp3) is 0.667. The fourth-order valence-electron chi connectivity index (χ4n) is 2.42. The maximum atomic E-state index is 12.0. The Hall–Kier alpha value is -1.85. The number of nitrogens with zero attached hydrogens (tertiary/aromatic N) is 2. The molecule has 0 aliphatic carbocycles. The van der Waals surface area contributed by atoms with Crippen LogP contribution in [0.15, 0.2) is 21.9 Å². The van der Waals surface area contributed by atoms with Crippen molar-refractivity contribution in [1.82, 2.24) is 14.5 Å². The summed E-state index contributed by atoms with van der Waals surface area (Å²) < 4.78 is 2.22. The van der Waals surface area contributed by atoms with E-state index in [4.69, 9.17) is 0 Å². The average molecular weight is 295 g/mol. The van der Waals surface area contributed by atoms with Crippen LogP contribution in [0, 0.1) is 17.8 Å². The summed E-state index contributed by atoms with van der Waals surface area (Å²) in [4.78, 5) is 35.1. The Bertz CT molecular complexity index is 591. The summed E-state index contributed by atoms with van der Waals surface area (Å²) in [5.41, 5.74) is -0.863. The van der Waals surface area contributed by atoms with Gasteiger partial charge in [0.1, 0.15) is 6.54 Å². The van der Waals surface area contributed by atoms with Crippen LogP contribution in [-0.4, -0.2) is 21.6 Å². The number of aromatic nitrogens is 2. The van der Waals surface area contributed by atoms with Gasteiger partial charge in [-0.2, -0.15) is 0 Å². The Morgan fingerprint density at radius 2 is 1.76 bits per heavy atom. The molecule has 0 aliphatic rings. The number of carbonyl (C=O) groups excluding carboxylic acids is 1. The van der Waals surface area contributed by atoms with Gasteiger partial charge in [0, 0.05) is 25.9 Å². The molecule has 0 unspecified atom stereocenters. The van der Waals surface area contributed by atoms with Crippen molar-refractivity contribution in [3.8, 4) is 0 Å². The van der Waals surface area contributed by atoms with Crippen LogP contribution in [-0.2, 0) is 18.4 Å². The van der Waals surface area contributed by atoms with E-state index in [-0.39, 0.29) is 18.0 Å². The fourth-order valence-corrected chi connectivity index (χ4v) is 2.42. The summed E-state index contributed by atoms with van der Waals surface area (Å²) in [6, 6.07) is 1.28. The van der Waals surface area contributed by atoms with E-state index >= 15 is 0 Å². The molecular weight excluding hydrogens is 270 g/mol. The summed E-state index contributed by atoms with van der Waals surface area (Å²) in [6.45, 7) is 9.05. The van der Waals surface area contributed by atoms with Gasteiger partial charge < -0.3 is 5.32 Å². The molecule has 118 valence electrons. The highest BCUT2D eigenvalue weighted by atomic mass is 16.2. The molecule has 0 saturated carbocycles. The van der Waals surface area contributed by atoms with Crippen molar-refractivity contribution in [3.63, 3.8) is 0 Å². The van der Waals surface area contributed by atoms with Crippen molar-refractivity contribution in [2.24, 2.45) is 24.8 Å². The molecule has 0 radical (unpaired) electrons. The van der Waals surface area contributed by atoms with E-state index in [1.54, 1.807) is 0 Å². The molecule has 1 N–H and O–H groups in total. The van der Waals surface area contributed by atoms with Crippen molar-refractivity contribution in [2.75, 3.05) is 6.54 Å². The predicted molar refractivity (Wildman–Crippen MR) is 82.1 cm³/mol. The van der Waals surface area contributed by atoms with Crippen LogP contribution in [0.2, 0.25) is 0 Å². The molecule has 21 heavy (non-hydrogen) atoms. The van der Waals surface area contributed by atoms with Crippen LogP contribution in [0.4, 0.5) is 0 Å². The van der Waals surface area contributed by atoms with Gasteiger partial charge in [0.25, 0.3) is 5.56 Å². The summed E-state index contributed by atoms with van der Waals surface area (Å²) in [5.74, 6) is 1.13. The van der Waals surface area contributed by atoms with Crippen molar-refractivity contribution in [1.29, 1.82) is 0 Å². The molecule has 6 nitrogen and oxygen atoms in total. The Morgan fingerprint density at radius 1 is 1.19 bits per heavy atom. The van der Waals surface area contributed by atoms with Crippen molar-refractivity contribution in [2.45, 2.75) is 34.2 Å². The number of rotatable bonds is 6. The van der Waals surface area contributed by atoms with Gasteiger partial charge in [0.05, 0.1) is 0 Å². The van der Waals surface area contributed by atoms with Crippen LogP contribution in [0.3, 0.4) is 0 Å². The van der Waals surface area contributed by atoms with E-state index in [1.807, 2.05) is 0 Å². The van der Waals surface area contributed by atoms with E-state index in [1.165, 1.54) is 23.9 Å². The van der Waals surface area contributed by atoms with E-state index in [9.17, 15) is 14.4 Å². The normalized spacial score (nSPS) is 11.4. The highest BCUT2D eigenvalue weighted by molar-refractivity contribution is 5.75. The zero-order valence-electron chi connectivity index (χ0n) is 13.4. The van der Waals surface area contributed by atoms with Crippen LogP contribution in [0.25, 0.3) is 0 Å². The summed E-state index contributed by atoms with van der Waals surface area (Å²) in [7, 11) is 1.40. The van der Waals surface area contributed by atoms with Gasteiger partial charge in [-0.05, 0) is 17.8 Å². The molecule has 0 fully saturated rings. The van der Waals surface area contributed by atoms with Crippen molar-refractivity contribution in [3.05, 3.63) is 33.1 Å². The Kier molecular flexibility index (Phi) is 5.93. The van der Waals surface area contributed by atoms with Crippen LogP contribution >= 0.6 is 0 Å². The van der Waals surface area contributed by atoms with Gasteiger partial charge in [-0.3, -0.25) is 18.7 Å². The van der Waals surface area contributed by atoms with Crippen LogP contribution in [0.1, 0.15) is 27.7 Å². The van der Waals surface area contributed by atoms with Crippen LogP contribution in [0.5, 0.6) is 0 Å². The largest absolute Gasteiger partial charge is 0.354 e. The van der Waals surface area contributed by atoms with Crippen molar-refractivity contribution >= 4 is 5.91 Å². The Labute approximate surface area is 124 Å². The summed E-state index contributed by atoms with van der Waals surface area (Å²) >= 11 is 0. The molecule has 0 bridgehead atoms. The molecule has 0 spiro atoms. The maximum Gasteiger partial charge on any atom is 0.331 e. The number of nitrogens with one attached hydrogen (secondary N) is 1. The first-order valence-corrected chi connectivity index (χ1v) is 7.27. The van der Waals surface area contributed by atoms with Gasteiger partial charge in [-0.15, -0.1) is 0 Å². The molecule has 1 rings (SSSR count). The monoisotopic (exact) mass is 295 g/mol. The molecule has 1 aromatic rings. The Morgan fingerprint density at radius 3 is 2.29 bits per heavy atom. The highest BCUT2D eigenvalue weighted by Crippen LogP contribution is 2.19. The molecule has 0 aromatic carbocycles. The molecule has 1 amide bonds. The topological polar surface area (TPSA) is 73.1 Å². The quantitative estimate of drug-likeness (QED) is 0.835. The van der Waals surface area contributed by atoms with Gasteiger partial charge >= 0.3 is 5.69 Å². The van der Waals surface area contributed by atoms with Crippen LogP contribution < -0.4 is 16.6 Å². The summed E-state index contributed by atoms with van der Waals surface area (Å²) in [6.07, 6.45) is 1.35. The molecule has 0 aliphatic heterocycles. The molecular formula is C15H25N3O3. The minimum absolute atomic E-state index is 0.0735. The number of hydrogen-bond donors (Lipinski definition) is 1. The van der Waals surface area contributed by atoms with Crippen molar-refractivity contribution < 1.29 is 4.79 Å². The van der Waals surface area contributed by atoms with E-state index < -0.39 is 5.69 Å². The third-order valence-corrected chi connectivity index (χ3v) is 3.82. The average Bonchev–Trinajstić information content (AvgIpc) is 2.39. The first-order valence-electron chi connectivity index (χ1n) is 7.27. The zero-order chi connectivity index (χ0) is 16.2. The van der Waals surface area contributed by atoms with Gasteiger partial charge in [0.15, 0.2) is 0 Å². The molecule has 0 atom stereocenters. The number of carbonyl (C=O) groups is 1. The minimum Gasteiger partial charge on any atom is -0.354 e. The summed E-state index contributed by atoms with van der Waals surface area (Å²) in [5, 5.41) is 2.87. The maximum absolute atomic E-state index is 12.0. The van der Waals surface area contributed by atoms with E-state index in [2.05, 4.69) is 33.0 Å². The lowest BCUT2D eigenvalue weighted by Gasteiger charge is -2.25. The molecule has 1 heterocycles. The second kappa shape index (κ2) is 7.24. The SMILES string of the molecule is CC(C)C(CNC(=O)Cn1ccc(=O)n(C)c1=O)C(C)C. The zero-order valence-corrected chi connectivity index (χ0v) is 13.4. The third kappa shape index (κ3) is 4.58.